The van der Waals surface area contributed by atoms with Crippen molar-refractivity contribution in [2.24, 2.45) is 0 Å². The number of aromatic hydroxyl groups is 1. The summed E-state index contributed by atoms with van der Waals surface area (Å²) in [5, 5.41) is 11.0. The first-order valence-electron chi connectivity index (χ1n) is 5.54. The van der Waals surface area contributed by atoms with Gasteiger partial charge < -0.3 is 9.52 Å². The van der Waals surface area contributed by atoms with Crippen LogP contribution in [0.1, 0.15) is 28.5 Å². The highest BCUT2D eigenvalue weighted by Crippen LogP contribution is 2.32. The predicted octanol–water partition coefficient (Wildman–Crippen LogP) is 3.84. The summed E-state index contributed by atoms with van der Waals surface area (Å²) in [6, 6.07) is 3.09. The highest BCUT2D eigenvalue weighted by molar-refractivity contribution is 7.98. The highest BCUT2D eigenvalue weighted by atomic mass is 35.5. The summed E-state index contributed by atoms with van der Waals surface area (Å²) in [5.41, 5.74) is 1.60. The Hall–Kier alpha value is -1.46. The number of aryl methyl sites for hydroxylation is 1. The Morgan fingerprint density at radius 1 is 1.53 bits per heavy atom. The number of ketones is 1. The summed E-state index contributed by atoms with van der Waals surface area (Å²) < 4.78 is 5.20. The summed E-state index contributed by atoms with van der Waals surface area (Å²) >= 11 is 7.27. The Balaban J connectivity index is 2.22. The standard InChI is InChI=1S/C13H12ClNO3S/c1-7-5-18-13(15-7)19-6-9-3-10(14)4-11(8(2)16)12(9)17/h3-5,17H,6H2,1-2H3. The van der Waals surface area contributed by atoms with Crippen LogP contribution in [0.2, 0.25) is 5.02 Å². The molecule has 1 heterocycles. The minimum atomic E-state index is -0.224. The van der Waals surface area contributed by atoms with Crippen molar-refractivity contribution in [2.75, 3.05) is 0 Å². The van der Waals surface area contributed by atoms with Gasteiger partial charge in [0.05, 0.1) is 11.3 Å². The number of phenolic OH excluding ortho intramolecular Hbond substituents is 1. The van der Waals surface area contributed by atoms with Crippen molar-refractivity contribution in [1.82, 2.24) is 4.98 Å². The van der Waals surface area contributed by atoms with E-state index in [0.717, 1.165) is 5.69 Å². The van der Waals surface area contributed by atoms with Crippen molar-refractivity contribution >= 4 is 29.1 Å². The molecule has 100 valence electrons. The number of rotatable bonds is 4. The number of Topliss-reactive ketones (excluding diaryl/α,β-unsaturated/α-hetero) is 1. The van der Waals surface area contributed by atoms with E-state index in [1.165, 1.54) is 24.8 Å². The van der Waals surface area contributed by atoms with Crippen molar-refractivity contribution in [3.05, 3.63) is 40.2 Å². The molecule has 0 saturated heterocycles. The van der Waals surface area contributed by atoms with Gasteiger partial charge in [-0.25, -0.2) is 4.98 Å². The van der Waals surface area contributed by atoms with Crippen LogP contribution in [0.25, 0.3) is 0 Å². The molecule has 1 N–H and O–H groups in total. The fourth-order valence-corrected chi connectivity index (χ4v) is 2.64. The second-order valence-corrected chi connectivity index (χ2v) is 5.42. The van der Waals surface area contributed by atoms with E-state index in [0.29, 0.717) is 21.6 Å². The maximum Gasteiger partial charge on any atom is 0.256 e. The van der Waals surface area contributed by atoms with Crippen molar-refractivity contribution in [1.29, 1.82) is 0 Å². The van der Waals surface area contributed by atoms with Crippen LogP contribution in [0.15, 0.2) is 28.0 Å². The quantitative estimate of drug-likeness (QED) is 0.686. The van der Waals surface area contributed by atoms with Gasteiger partial charge in [-0.1, -0.05) is 23.4 Å². The number of nitrogens with zero attached hydrogens (tertiary/aromatic N) is 1. The van der Waals surface area contributed by atoms with Gasteiger partial charge in [-0.2, -0.15) is 0 Å². The zero-order chi connectivity index (χ0) is 14.0. The van der Waals surface area contributed by atoms with E-state index >= 15 is 0 Å². The number of oxazole rings is 1. The van der Waals surface area contributed by atoms with Crippen LogP contribution in [-0.2, 0) is 5.75 Å². The number of carbonyl (C=O) groups excluding carboxylic acids is 1. The molecule has 4 nitrogen and oxygen atoms in total. The zero-order valence-corrected chi connectivity index (χ0v) is 12.0. The molecule has 0 radical (unpaired) electrons. The third-order valence-electron chi connectivity index (χ3n) is 2.48. The third-order valence-corrected chi connectivity index (χ3v) is 3.59. The molecule has 19 heavy (non-hydrogen) atoms. The van der Waals surface area contributed by atoms with Gasteiger partial charge in [0.15, 0.2) is 5.78 Å². The third kappa shape index (κ3) is 3.30. The normalized spacial score (nSPS) is 10.7. The molecular formula is C13H12ClNO3S. The van der Waals surface area contributed by atoms with E-state index < -0.39 is 0 Å². The number of aromatic nitrogens is 1. The molecule has 0 spiro atoms. The molecule has 0 aliphatic carbocycles. The van der Waals surface area contributed by atoms with Crippen LogP contribution in [0.3, 0.4) is 0 Å². The summed E-state index contributed by atoms with van der Waals surface area (Å²) in [5.74, 6) is 0.165. The molecule has 2 rings (SSSR count). The first-order chi connectivity index (χ1) is 8.97. The number of hydrogen-bond acceptors (Lipinski definition) is 5. The largest absolute Gasteiger partial charge is 0.507 e. The van der Waals surface area contributed by atoms with Crippen molar-refractivity contribution in [3.8, 4) is 5.75 Å². The van der Waals surface area contributed by atoms with Gasteiger partial charge in [0.25, 0.3) is 5.22 Å². The SMILES string of the molecule is CC(=O)c1cc(Cl)cc(CSc2nc(C)co2)c1O. The molecule has 0 saturated carbocycles. The van der Waals surface area contributed by atoms with E-state index in [2.05, 4.69) is 4.98 Å². The second-order valence-electron chi connectivity index (χ2n) is 4.06. The number of carbonyl (C=O) groups is 1. The van der Waals surface area contributed by atoms with E-state index in [1.54, 1.807) is 12.3 Å². The van der Waals surface area contributed by atoms with Crippen LogP contribution in [-0.4, -0.2) is 15.9 Å². The highest BCUT2D eigenvalue weighted by Gasteiger charge is 2.14. The molecule has 0 atom stereocenters. The number of halogens is 1. The average Bonchev–Trinajstić information content (AvgIpc) is 2.75. The maximum atomic E-state index is 11.4. The van der Waals surface area contributed by atoms with Crippen LogP contribution < -0.4 is 0 Å². The molecule has 0 unspecified atom stereocenters. The zero-order valence-electron chi connectivity index (χ0n) is 10.4. The predicted molar refractivity (Wildman–Crippen MR) is 73.9 cm³/mol. The van der Waals surface area contributed by atoms with Crippen molar-refractivity contribution in [2.45, 2.75) is 24.8 Å². The monoisotopic (exact) mass is 297 g/mol. The molecule has 0 amide bonds. The van der Waals surface area contributed by atoms with Gasteiger partial charge in [0.1, 0.15) is 12.0 Å². The lowest BCUT2D eigenvalue weighted by molar-refractivity contribution is 0.101. The van der Waals surface area contributed by atoms with Crippen LogP contribution in [0.5, 0.6) is 5.75 Å². The summed E-state index contributed by atoms with van der Waals surface area (Å²) in [6.45, 7) is 3.22. The lowest BCUT2D eigenvalue weighted by atomic mass is 10.1. The summed E-state index contributed by atoms with van der Waals surface area (Å²) in [6.07, 6.45) is 1.56. The molecule has 6 heteroatoms. The molecule has 1 aromatic heterocycles. The molecule has 0 fully saturated rings. The molecule has 1 aromatic carbocycles. The molecule has 0 bridgehead atoms. The average molecular weight is 298 g/mol. The fraction of sp³-hybridized carbons (Fsp3) is 0.231. The Bertz CT molecular complexity index is 624. The number of thioether (sulfide) groups is 1. The topological polar surface area (TPSA) is 63.3 Å². The molecule has 0 aliphatic heterocycles. The van der Waals surface area contributed by atoms with Gasteiger partial charge in [0.2, 0.25) is 0 Å². The van der Waals surface area contributed by atoms with Gasteiger partial charge in [-0.3, -0.25) is 4.79 Å². The van der Waals surface area contributed by atoms with Gasteiger partial charge in [-0.05, 0) is 26.0 Å². The first kappa shape index (κ1) is 14.0. The smallest absolute Gasteiger partial charge is 0.256 e. The van der Waals surface area contributed by atoms with E-state index in [-0.39, 0.29) is 17.1 Å². The summed E-state index contributed by atoms with van der Waals surface area (Å²) in [7, 11) is 0. The number of phenols is 1. The van der Waals surface area contributed by atoms with Crippen LogP contribution in [0, 0.1) is 6.92 Å². The van der Waals surface area contributed by atoms with Crippen LogP contribution in [0.4, 0.5) is 0 Å². The molecule has 0 aliphatic rings. The number of hydrogen-bond donors (Lipinski definition) is 1. The lowest BCUT2D eigenvalue weighted by Crippen LogP contribution is -1.96. The van der Waals surface area contributed by atoms with Crippen molar-refractivity contribution < 1.29 is 14.3 Å². The Morgan fingerprint density at radius 3 is 2.84 bits per heavy atom. The minimum absolute atomic E-state index is 0.0346. The van der Waals surface area contributed by atoms with Crippen LogP contribution >= 0.6 is 23.4 Å². The fourth-order valence-electron chi connectivity index (χ4n) is 1.57. The van der Waals surface area contributed by atoms with Gasteiger partial charge in [0, 0.05) is 16.3 Å². The van der Waals surface area contributed by atoms with E-state index in [4.69, 9.17) is 16.0 Å². The lowest BCUT2D eigenvalue weighted by Gasteiger charge is -2.07. The summed E-state index contributed by atoms with van der Waals surface area (Å²) in [4.78, 5) is 15.5. The minimum Gasteiger partial charge on any atom is -0.507 e. The Labute approximate surface area is 119 Å². The maximum absolute atomic E-state index is 11.4. The molecular weight excluding hydrogens is 286 g/mol. The Morgan fingerprint density at radius 2 is 2.26 bits per heavy atom. The van der Waals surface area contributed by atoms with Crippen molar-refractivity contribution in [3.63, 3.8) is 0 Å². The van der Waals surface area contributed by atoms with Gasteiger partial charge in [-0.15, -0.1) is 0 Å². The second kappa shape index (κ2) is 5.67. The van der Waals surface area contributed by atoms with E-state index in [1.807, 2.05) is 6.92 Å². The number of benzene rings is 1. The van der Waals surface area contributed by atoms with Gasteiger partial charge >= 0.3 is 0 Å². The molecule has 2 aromatic rings. The van der Waals surface area contributed by atoms with E-state index in [9.17, 15) is 9.90 Å². The Kier molecular flexibility index (Phi) is 4.17. The first-order valence-corrected chi connectivity index (χ1v) is 6.91.